The van der Waals surface area contributed by atoms with E-state index in [1.807, 2.05) is 33.5 Å². The fraction of sp³-hybridized carbons (Fsp3) is 0.667. The molecule has 0 bridgehead atoms. The summed E-state index contributed by atoms with van der Waals surface area (Å²) in [7, 11) is 5.55. The Labute approximate surface area is 126 Å². The van der Waals surface area contributed by atoms with Gasteiger partial charge in [0.25, 0.3) is 0 Å². The molecule has 0 aromatic carbocycles. The van der Waals surface area contributed by atoms with Crippen molar-refractivity contribution in [1.29, 1.82) is 0 Å². The molecule has 1 N–H and O–H groups in total. The molecular weight excluding hydrogens is 287 g/mol. The number of amides is 1. The first-order chi connectivity index (χ1) is 8.09. The fourth-order valence-corrected chi connectivity index (χ4v) is 2.47. The summed E-state index contributed by atoms with van der Waals surface area (Å²) in [5.41, 5.74) is 1.15. The van der Waals surface area contributed by atoms with E-state index in [4.69, 9.17) is 0 Å². The van der Waals surface area contributed by atoms with Gasteiger partial charge in [-0.3, -0.25) is 9.48 Å². The molecular formula is C12H22Cl2N4O. The topological polar surface area (TPSA) is 50.2 Å². The third-order valence-electron chi connectivity index (χ3n) is 3.39. The zero-order valence-electron chi connectivity index (χ0n) is 11.5. The minimum Gasteiger partial charge on any atom is -0.349 e. The van der Waals surface area contributed by atoms with E-state index < -0.39 is 0 Å². The quantitative estimate of drug-likeness (QED) is 0.888. The number of carbonyl (C=O) groups excluding carboxylic acids is 1. The summed E-state index contributed by atoms with van der Waals surface area (Å²) in [5, 5.41) is 7.55. The van der Waals surface area contributed by atoms with Gasteiger partial charge in [0.05, 0.1) is 6.20 Å². The second-order valence-electron chi connectivity index (χ2n) is 4.89. The van der Waals surface area contributed by atoms with E-state index >= 15 is 0 Å². The Morgan fingerprint density at radius 2 is 2.16 bits per heavy atom. The molecule has 1 aromatic heterocycles. The summed E-state index contributed by atoms with van der Waals surface area (Å²) >= 11 is 0. The Morgan fingerprint density at radius 3 is 2.68 bits per heavy atom. The van der Waals surface area contributed by atoms with E-state index in [2.05, 4.69) is 10.4 Å². The third-order valence-corrected chi connectivity index (χ3v) is 3.39. The maximum absolute atomic E-state index is 12.2. The van der Waals surface area contributed by atoms with Crippen molar-refractivity contribution in [2.24, 2.45) is 13.0 Å². The number of nitrogens with one attached hydrogen (secondary N) is 1. The van der Waals surface area contributed by atoms with Crippen LogP contribution in [0.15, 0.2) is 12.4 Å². The van der Waals surface area contributed by atoms with E-state index in [1.54, 1.807) is 9.58 Å². The molecule has 1 amide bonds. The van der Waals surface area contributed by atoms with Crippen molar-refractivity contribution in [2.75, 3.05) is 27.2 Å². The Morgan fingerprint density at radius 1 is 1.47 bits per heavy atom. The number of nitrogens with zero attached hydrogens (tertiary/aromatic N) is 3. The van der Waals surface area contributed by atoms with Crippen molar-refractivity contribution in [2.45, 2.75) is 12.3 Å². The third kappa shape index (κ3) is 4.09. The molecule has 0 saturated carbocycles. The van der Waals surface area contributed by atoms with E-state index in [-0.39, 0.29) is 42.6 Å². The van der Waals surface area contributed by atoms with Crippen LogP contribution >= 0.6 is 24.8 Å². The molecule has 7 heteroatoms. The molecule has 0 spiro atoms. The number of aromatic nitrogens is 2. The Kier molecular flexibility index (Phi) is 7.41. The van der Waals surface area contributed by atoms with Crippen molar-refractivity contribution in [3.63, 3.8) is 0 Å². The maximum atomic E-state index is 12.2. The standard InChI is InChI=1S/C12H20N4O.2ClH/c1-15(2)12(17)10-4-5-13-7-11(10)9-6-14-16(3)8-9;;/h6,8,10-11,13H,4-5,7H2,1-3H3;2*1H/t10-,11-;;/m1../s1. The van der Waals surface area contributed by atoms with Crippen LogP contribution in [0.2, 0.25) is 0 Å². The van der Waals surface area contributed by atoms with Gasteiger partial charge in [0.1, 0.15) is 0 Å². The van der Waals surface area contributed by atoms with Crippen molar-refractivity contribution in [3.05, 3.63) is 18.0 Å². The molecule has 1 aromatic rings. The van der Waals surface area contributed by atoms with Crippen LogP contribution in [0.25, 0.3) is 0 Å². The molecule has 1 aliphatic rings. The van der Waals surface area contributed by atoms with Crippen LogP contribution in [-0.4, -0.2) is 47.8 Å². The van der Waals surface area contributed by atoms with E-state index in [1.165, 1.54) is 0 Å². The van der Waals surface area contributed by atoms with Gasteiger partial charge in [-0.2, -0.15) is 5.10 Å². The lowest BCUT2D eigenvalue weighted by molar-refractivity contribution is -0.134. The first-order valence-corrected chi connectivity index (χ1v) is 6.00. The number of hydrogen-bond donors (Lipinski definition) is 1. The van der Waals surface area contributed by atoms with E-state index in [0.717, 1.165) is 25.1 Å². The molecule has 2 heterocycles. The monoisotopic (exact) mass is 308 g/mol. The summed E-state index contributed by atoms with van der Waals surface area (Å²) in [6.07, 6.45) is 4.78. The average Bonchev–Trinajstić information content (AvgIpc) is 2.74. The zero-order chi connectivity index (χ0) is 12.4. The van der Waals surface area contributed by atoms with Gasteiger partial charge in [-0.05, 0) is 18.5 Å². The van der Waals surface area contributed by atoms with Gasteiger partial charge in [0.2, 0.25) is 5.91 Å². The number of rotatable bonds is 2. The Balaban J connectivity index is 0.00000162. The molecule has 110 valence electrons. The summed E-state index contributed by atoms with van der Waals surface area (Å²) in [5.74, 6) is 0.545. The molecule has 5 nitrogen and oxygen atoms in total. The lowest BCUT2D eigenvalue weighted by Crippen LogP contribution is -2.42. The first kappa shape index (κ1) is 18.2. The number of hydrogen-bond acceptors (Lipinski definition) is 3. The molecule has 1 saturated heterocycles. The van der Waals surface area contributed by atoms with Gasteiger partial charge in [-0.25, -0.2) is 0 Å². The summed E-state index contributed by atoms with van der Waals surface area (Å²) in [6.45, 7) is 1.77. The van der Waals surface area contributed by atoms with Crippen LogP contribution in [0, 0.1) is 5.92 Å². The first-order valence-electron chi connectivity index (χ1n) is 6.00. The van der Waals surface area contributed by atoms with Crippen molar-refractivity contribution in [1.82, 2.24) is 20.0 Å². The normalized spacial score (nSPS) is 22.1. The van der Waals surface area contributed by atoms with E-state index in [0.29, 0.717) is 0 Å². The number of piperidine rings is 1. The fourth-order valence-electron chi connectivity index (χ4n) is 2.47. The summed E-state index contributed by atoms with van der Waals surface area (Å²) in [6, 6.07) is 0. The average molecular weight is 309 g/mol. The van der Waals surface area contributed by atoms with E-state index in [9.17, 15) is 4.79 Å². The van der Waals surface area contributed by atoms with Gasteiger partial charge >= 0.3 is 0 Å². The van der Waals surface area contributed by atoms with Crippen LogP contribution in [0.5, 0.6) is 0 Å². The van der Waals surface area contributed by atoms with Gasteiger partial charge in [0.15, 0.2) is 0 Å². The predicted octanol–water partition coefficient (Wildman–Crippen LogP) is 1.04. The minimum absolute atomic E-state index is 0. The van der Waals surface area contributed by atoms with Crippen LogP contribution in [0.4, 0.5) is 0 Å². The lowest BCUT2D eigenvalue weighted by atomic mass is 9.82. The number of halogens is 2. The van der Waals surface area contributed by atoms with Gasteiger partial charge in [0, 0.05) is 45.7 Å². The van der Waals surface area contributed by atoms with Crippen molar-refractivity contribution in [3.8, 4) is 0 Å². The van der Waals surface area contributed by atoms with Crippen LogP contribution in [0.1, 0.15) is 17.9 Å². The van der Waals surface area contributed by atoms with Gasteiger partial charge < -0.3 is 10.2 Å². The largest absolute Gasteiger partial charge is 0.349 e. The van der Waals surface area contributed by atoms with Gasteiger partial charge in [-0.1, -0.05) is 0 Å². The summed E-state index contributed by atoms with van der Waals surface area (Å²) < 4.78 is 1.79. The molecule has 2 atom stereocenters. The van der Waals surface area contributed by atoms with Crippen molar-refractivity contribution < 1.29 is 4.79 Å². The van der Waals surface area contributed by atoms with Crippen LogP contribution in [0.3, 0.4) is 0 Å². The Bertz CT molecular complexity index is 408. The highest BCUT2D eigenvalue weighted by molar-refractivity contribution is 5.85. The minimum atomic E-state index is 0. The molecule has 1 aliphatic heterocycles. The summed E-state index contributed by atoms with van der Waals surface area (Å²) in [4.78, 5) is 13.9. The maximum Gasteiger partial charge on any atom is 0.225 e. The molecule has 1 fully saturated rings. The molecule has 0 radical (unpaired) electrons. The van der Waals surface area contributed by atoms with Gasteiger partial charge in [-0.15, -0.1) is 24.8 Å². The highest BCUT2D eigenvalue weighted by atomic mass is 35.5. The predicted molar refractivity (Wildman–Crippen MR) is 80.1 cm³/mol. The molecule has 0 unspecified atom stereocenters. The lowest BCUT2D eigenvalue weighted by Gasteiger charge is -2.32. The molecule has 0 aliphatic carbocycles. The van der Waals surface area contributed by atoms with Crippen LogP contribution < -0.4 is 5.32 Å². The van der Waals surface area contributed by atoms with Crippen LogP contribution in [-0.2, 0) is 11.8 Å². The van der Waals surface area contributed by atoms with Crippen molar-refractivity contribution >= 4 is 30.7 Å². The number of aryl methyl sites for hydroxylation is 1. The smallest absolute Gasteiger partial charge is 0.225 e. The molecule has 19 heavy (non-hydrogen) atoms. The zero-order valence-corrected chi connectivity index (χ0v) is 13.1. The molecule has 2 rings (SSSR count). The second kappa shape index (κ2) is 7.72. The SMILES string of the molecule is CN(C)C(=O)[C@@H]1CCNC[C@@H]1c1cnn(C)c1.Cl.Cl. The number of carbonyl (C=O) groups is 1. The highest BCUT2D eigenvalue weighted by Gasteiger charge is 2.33. The highest BCUT2D eigenvalue weighted by Crippen LogP contribution is 2.30. The second-order valence-corrected chi connectivity index (χ2v) is 4.89. The Hall–Kier alpha value is -0.780.